The van der Waals surface area contributed by atoms with Gasteiger partial charge in [0.05, 0.1) is 0 Å². The minimum absolute atomic E-state index is 0.000871. The first-order chi connectivity index (χ1) is 15.6. The predicted molar refractivity (Wildman–Crippen MR) is 122 cm³/mol. The number of nitrogens with zero attached hydrogens (tertiary/aromatic N) is 2. The number of benzene rings is 2. The lowest BCUT2D eigenvalue weighted by Gasteiger charge is -2.36. The zero-order valence-electron chi connectivity index (χ0n) is 17.8. The quantitative estimate of drug-likeness (QED) is 0.641. The first kappa shape index (κ1) is 24.3. The molecule has 2 aromatic carbocycles. The van der Waals surface area contributed by atoms with Crippen LogP contribution in [0.2, 0.25) is 0 Å². The fourth-order valence-electron chi connectivity index (χ4n) is 3.21. The van der Waals surface area contributed by atoms with E-state index < -0.39 is 18.0 Å². The van der Waals surface area contributed by atoms with Crippen molar-refractivity contribution in [2.45, 2.75) is 13.1 Å². The second kappa shape index (κ2) is 10.5. The second-order valence-corrected chi connectivity index (χ2v) is 7.84. The summed E-state index contributed by atoms with van der Waals surface area (Å²) in [7, 11) is 0. The van der Waals surface area contributed by atoms with Crippen LogP contribution in [0.4, 0.5) is 24.5 Å². The van der Waals surface area contributed by atoms with Crippen LogP contribution in [0.15, 0.2) is 48.5 Å². The number of carbonyl (C=O) groups is 2. The van der Waals surface area contributed by atoms with Gasteiger partial charge in [-0.1, -0.05) is 17.7 Å². The highest BCUT2D eigenvalue weighted by atomic mass is 32.1. The zero-order valence-corrected chi connectivity index (χ0v) is 18.6. The number of alkyl halides is 3. The monoisotopic (exact) mass is 480 g/mol. The maximum Gasteiger partial charge on any atom is 0.471 e. The SMILES string of the molecule is Cc1ccc(OCC(=O)NC(=S)Nc2ccc(N3CCN(C(=O)C(F)(F)F)CC3)cc2)cc1. The molecule has 2 aromatic rings. The molecule has 0 aliphatic carbocycles. The van der Waals surface area contributed by atoms with E-state index in [9.17, 15) is 22.8 Å². The van der Waals surface area contributed by atoms with Gasteiger partial charge in [-0.05, 0) is 55.5 Å². The van der Waals surface area contributed by atoms with Crippen molar-refractivity contribution in [3.63, 3.8) is 0 Å². The Hall–Kier alpha value is -3.34. The molecule has 3 rings (SSSR count). The fraction of sp³-hybridized carbons (Fsp3) is 0.318. The van der Waals surface area contributed by atoms with Crippen molar-refractivity contribution in [1.82, 2.24) is 10.2 Å². The third-order valence-corrected chi connectivity index (χ3v) is 5.15. The predicted octanol–water partition coefficient (Wildman–Crippen LogP) is 3.10. The molecule has 0 radical (unpaired) electrons. The molecular formula is C22H23F3N4O3S. The minimum Gasteiger partial charge on any atom is -0.484 e. The van der Waals surface area contributed by atoms with Crippen molar-refractivity contribution in [3.8, 4) is 5.75 Å². The molecule has 2 amide bonds. The molecule has 11 heteroatoms. The van der Waals surface area contributed by atoms with Crippen LogP contribution in [0.1, 0.15) is 5.56 Å². The Morgan fingerprint density at radius 1 is 1.00 bits per heavy atom. The number of rotatable bonds is 5. The van der Waals surface area contributed by atoms with Crippen LogP contribution in [-0.2, 0) is 9.59 Å². The number of anilines is 2. The normalized spacial score (nSPS) is 13.9. The van der Waals surface area contributed by atoms with E-state index in [4.69, 9.17) is 17.0 Å². The molecule has 176 valence electrons. The molecule has 1 fully saturated rings. The summed E-state index contributed by atoms with van der Waals surface area (Å²) in [5.41, 5.74) is 2.53. The third-order valence-electron chi connectivity index (χ3n) is 4.94. The number of thiocarbonyl (C=S) groups is 1. The van der Waals surface area contributed by atoms with E-state index in [2.05, 4.69) is 10.6 Å². The van der Waals surface area contributed by atoms with E-state index in [1.54, 1.807) is 36.4 Å². The number of hydrogen-bond acceptors (Lipinski definition) is 5. The van der Waals surface area contributed by atoms with E-state index in [0.717, 1.165) is 16.2 Å². The van der Waals surface area contributed by atoms with E-state index in [0.29, 0.717) is 24.5 Å². The van der Waals surface area contributed by atoms with Crippen molar-refractivity contribution in [2.24, 2.45) is 0 Å². The molecule has 0 unspecified atom stereocenters. The summed E-state index contributed by atoms with van der Waals surface area (Å²) in [6.45, 7) is 2.35. The molecule has 0 saturated carbocycles. The van der Waals surface area contributed by atoms with E-state index >= 15 is 0 Å². The largest absolute Gasteiger partial charge is 0.484 e. The Kier molecular flexibility index (Phi) is 7.75. The molecule has 0 spiro atoms. The zero-order chi connectivity index (χ0) is 24.0. The summed E-state index contributed by atoms with van der Waals surface area (Å²) in [4.78, 5) is 26.1. The van der Waals surface area contributed by atoms with Gasteiger partial charge in [0, 0.05) is 37.6 Å². The van der Waals surface area contributed by atoms with Gasteiger partial charge in [-0.25, -0.2) is 0 Å². The molecule has 1 heterocycles. The van der Waals surface area contributed by atoms with Crippen LogP contribution in [0.3, 0.4) is 0 Å². The van der Waals surface area contributed by atoms with Crippen LogP contribution in [0.25, 0.3) is 0 Å². The lowest BCUT2D eigenvalue weighted by molar-refractivity contribution is -0.185. The van der Waals surface area contributed by atoms with Crippen molar-refractivity contribution < 1.29 is 27.5 Å². The summed E-state index contributed by atoms with van der Waals surface area (Å²) in [6, 6.07) is 14.4. The number of carbonyl (C=O) groups excluding carboxylic acids is 2. The molecule has 1 aliphatic heterocycles. The Balaban J connectivity index is 1.43. The molecule has 2 N–H and O–H groups in total. The van der Waals surface area contributed by atoms with Gasteiger partial charge in [0.25, 0.3) is 5.91 Å². The van der Waals surface area contributed by atoms with Gasteiger partial charge < -0.3 is 19.9 Å². The van der Waals surface area contributed by atoms with Crippen molar-refractivity contribution >= 4 is 40.5 Å². The van der Waals surface area contributed by atoms with Crippen LogP contribution in [0.5, 0.6) is 5.75 Å². The number of amides is 2. The Morgan fingerprint density at radius 2 is 1.61 bits per heavy atom. The van der Waals surface area contributed by atoms with Crippen LogP contribution in [-0.4, -0.2) is 60.8 Å². The standard InChI is InChI=1S/C22H23F3N4O3S/c1-15-2-8-18(9-3-15)32-14-19(30)27-21(33)26-16-4-6-17(7-5-16)28-10-12-29(13-11-28)20(31)22(23,24)25/h2-9H,10-14H2,1H3,(H2,26,27,30,33). The molecule has 1 aliphatic rings. The summed E-state index contributed by atoms with van der Waals surface area (Å²) in [5, 5.41) is 5.54. The van der Waals surface area contributed by atoms with Gasteiger partial charge in [-0.15, -0.1) is 0 Å². The average molecular weight is 481 g/mol. The van der Waals surface area contributed by atoms with Gasteiger partial charge in [0.1, 0.15) is 5.75 Å². The number of ether oxygens (including phenoxy) is 1. The molecule has 33 heavy (non-hydrogen) atoms. The Labute approximate surface area is 194 Å². The van der Waals surface area contributed by atoms with Gasteiger partial charge in [-0.3, -0.25) is 14.9 Å². The highest BCUT2D eigenvalue weighted by molar-refractivity contribution is 7.80. The number of aryl methyl sites for hydroxylation is 1. The fourth-order valence-corrected chi connectivity index (χ4v) is 3.44. The maximum absolute atomic E-state index is 12.6. The molecule has 7 nitrogen and oxygen atoms in total. The topological polar surface area (TPSA) is 73.9 Å². The maximum atomic E-state index is 12.6. The van der Waals surface area contributed by atoms with Gasteiger partial charge in [0.15, 0.2) is 11.7 Å². The van der Waals surface area contributed by atoms with E-state index in [-0.39, 0.29) is 24.8 Å². The third kappa shape index (κ3) is 7.07. The number of halogens is 3. The summed E-state index contributed by atoms with van der Waals surface area (Å²) in [6.07, 6.45) is -4.85. The Morgan fingerprint density at radius 3 is 2.18 bits per heavy atom. The van der Waals surface area contributed by atoms with E-state index in [1.807, 2.05) is 24.0 Å². The van der Waals surface area contributed by atoms with E-state index in [1.165, 1.54) is 0 Å². The van der Waals surface area contributed by atoms with Gasteiger partial charge in [0.2, 0.25) is 0 Å². The Bertz CT molecular complexity index is 989. The first-order valence-electron chi connectivity index (χ1n) is 10.1. The van der Waals surface area contributed by atoms with Crippen LogP contribution in [0, 0.1) is 6.92 Å². The second-order valence-electron chi connectivity index (χ2n) is 7.43. The van der Waals surface area contributed by atoms with Crippen molar-refractivity contribution in [3.05, 3.63) is 54.1 Å². The molecule has 0 atom stereocenters. The summed E-state index contributed by atoms with van der Waals surface area (Å²) in [5.74, 6) is -1.63. The highest BCUT2D eigenvalue weighted by Gasteiger charge is 2.43. The lowest BCUT2D eigenvalue weighted by Crippen LogP contribution is -2.52. The lowest BCUT2D eigenvalue weighted by atomic mass is 10.2. The van der Waals surface area contributed by atoms with Crippen LogP contribution >= 0.6 is 12.2 Å². The minimum atomic E-state index is -4.85. The first-order valence-corrected chi connectivity index (χ1v) is 10.5. The number of nitrogens with one attached hydrogen (secondary N) is 2. The van der Waals surface area contributed by atoms with Crippen molar-refractivity contribution in [2.75, 3.05) is 43.0 Å². The summed E-state index contributed by atoms with van der Waals surface area (Å²) < 4.78 is 43.1. The van der Waals surface area contributed by atoms with Gasteiger partial charge in [-0.2, -0.15) is 13.2 Å². The molecule has 0 aromatic heterocycles. The summed E-state index contributed by atoms with van der Waals surface area (Å²) >= 11 is 5.15. The van der Waals surface area contributed by atoms with Crippen LogP contribution < -0.4 is 20.3 Å². The number of piperazine rings is 1. The number of hydrogen-bond donors (Lipinski definition) is 2. The highest BCUT2D eigenvalue weighted by Crippen LogP contribution is 2.23. The molecule has 0 bridgehead atoms. The molecule has 1 saturated heterocycles. The van der Waals surface area contributed by atoms with Gasteiger partial charge >= 0.3 is 12.1 Å². The average Bonchev–Trinajstić information content (AvgIpc) is 2.78. The molecular weight excluding hydrogens is 457 g/mol. The smallest absolute Gasteiger partial charge is 0.471 e. The van der Waals surface area contributed by atoms with Crippen molar-refractivity contribution in [1.29, 1.82) is 0 Å².